The van der Waals surface area contributed by atoms with Gasteiger partial charge in [0.1, 0.15) is 17.5 Å². The van der Waals surface area contributed by atoms with Crippen molar-refractivity contribution in [2.45, 2.75) is 69.5 Å². The van der Waals surface area contributed by atoms with Crippen molar-refractivity contribution in [3.8, 4) is 0 Å². The molecular weight excluding hydrogens is 404 g/mol. The molecule has 0 heterocycles. The van der Waals surface area contributed by atoms with Crippen molar-refractivity contribution in [1.82, 2.24) is 0 Å². The van der Waals surface area contributed by atoms with E-state index in [4.69, 9.17) is 14.2 Å². The summed E-state index contributed by atoms with van der Waals surface area (Å²) < 4.78 is 49.0. The van der Waals surface area contributed by atoms with Crippen molar-refractivity contribution < 1.29 is 41.6 Å². The van der Waals surface area contributed by atoms with Gasteiger partial charge in [-0.1, -0.05) is 32.9 Å². The second-order valence-corrected chi connectivity index (χ2v) is 7.95. The highest BCUT2D eigenvalue weighted by Crippen LogP contribution is 2.34. The Kier molecular flexibility index (Phi) is 10.8. The Bertz CT molecular complexity index is 683. The zero-order chi connectivity index (χ0) is 22.8. The molecule has 3 atom stereocenters. The Morgan fingerprint density at radius 1 is 1.03 bits per heavy atom. The lowest BCUT2D eigenvalue weighted by Gasteiger charge is -2.43. The molecule has 10 heteroatoms. The minimum Gasteiger partial charge on any atom is -0.455 e. The number of hydrogen-bond acceptors (Lipinski definition) is 8. The van der Waals surface area contributed by atoms with Gasteiger partial charge >= 0.3 is 17.9 Å². The summed E-state index contributed by atoms with van der Waals surface area (Å²) >= 11 is 0. The van der Waals surface area contributed by atoms with Crippen molar-refractivity contribution in [2.24, 2.45) is 0 Å². The first kappa shape index (κ1) is 26.8. The second kappa shape index (κ2) is 11.7. The highest BCUT2D eigenvalue weighted by Gasteiger charge is 2.58. The van der Waals surface area contributed by atoms with Gasteiger partial charge in [0.05, 0.1) is 0 Å². The van der Waals surface area contributed by atoms with E-state index < -0.39 is 51.1 Å². The average molecular weight is 433 g/mol. The van der Waals surface area contributed by atoms with Crippen LogP contribution in [0, 0.1) is 6.92 Å². The molecule has 0 aromatic carbocycles. The number of unbranched alkanes of at least 4 members (excludes halogenated alkanes) is 2. The summed E-state index contributed by atoms with van der Waals surface area (Å²) in [5.74, 6) is -2.74. The van der Waals surface area contributed by atoms with Crippen LogP contribution in [-0.2, 0) is 38.7 Å². The minimum absolute atomic E-state index is 0.0714. The van der Waals surface area contributed by atoms with E-state index in [1.54, 1.807) is 0 Å². The van der Waals surface area contributed by atoms with Crippen molar-refractivity contribution in [2.75, 3.05) is 0 Å². The molecule has 0 aliphatic carbocycles. The normalized spacial score (nSPS) is 16.4. The maximum Gasteiger partial charge on any atom is 0.330 e. The Hall–Kier alpha value is -2.20. The lowest BCUT2D eigenvalue weighted by molar-refractivity contribution is -0.206. The fraction of sp³-hybridized carbons (Fsp3) is 0.579. The first-order chi connectivity index (χ1) is 13.4. The maximum atomic E-state index is 12.4. The van der Waals surface area contributed by atoms with E-state index >= 15 is 0 Å². The van der Waals surface area contributed by atoms with Crippen LogP contribution in [0.5, 0.6) is 0 Å². The Balaban J connectivity index is 6.32. The van der Waals surface area contributed by atoms with E-state index in [2.05, 4.69) is 20.1 Å². The van der Waals surface area contributed by atoms with Crippen LogP contribution < -0.4 is 0 Å². The van der Waals surface area contributed by atoms with Crippen molar-refractivity contribution in [1.29, 1.82) is 0 Å². The summed E-state index contributed by atoms with van der Waals surface area (Å²) in [5.41, 5.74) is -2.34. The van der Waals surface area contributed by atoms with Gasteiger partial charge in [-0.25, -0.2) is 9.59 Å². The van der Waals surface area contributed by atoms with Crippen LogP contribution >= 0.6 is 0 Å². The SMILES string of the molecule is [CH2]C(C(OC(=O)CCCCC)(C(C)OC(=O)C=C)C(C)OC(=O)C=C)S(=O)(=O)O. The van der Waals surface area contributed by atoms with Crippen LogP contribution in [0.3, 0.4) is 0 Å². The van der Waals surface area contributed by atoms with Crippen LogP contribution in [0.2, 0.25) is 0 Å². The van der Waals surface area contributed by atoms with E-state index in [1.807, 2.05) is 6.92 Å². The van der Waals surface area contributed by atoms with Gasteiger partial charge in [-0.05, 0) is 27.2 Å². The first-order valence-electron chi connectivity index (χ1n) is 9.04. The summed E-state index contributed by atoms with van der Waals surface area (Å²) in [5, 5.41) is -2.05. The molecule has 0 saturated heterocycles. The molecule has 0 aromatic rings. The van der Waals surface area contributed by atoms with Gasteiger partial charge in [0.2, 0.25) is 5.60 Å². The van der Waals surface area contributed by atoms with E-state index in [9.17, 15) is 27.4 Å². The predicted molar refractivity (Wildman–Crippen MR) is 105 cm³/mol. The molecule has 0 fully saturated rings. The lowest BCUT2D eigenvalue weighted by Crippen LogP contribution is -2.64. The van der Waals surface area contributed by atoms with Crippen LogP contribution in [0.25, 0.3) is 0 Å². The highest BCUT2D eigenvalue weighted by atomic mass is 32.2. The third-order valence-electron chi connectivity index (χ3n) is 4.33. The van der Waals surface area contributed by atoms with Gasteiger partial charge in [-0.2, -0.15) is 8.42 Å². The summed E-state index contributed by atoms with van der Waals surface area (Å²) in [7, 11) is -4.93. The molecular formula is C19H29O9S. The van der Waals surface area contributed by atoms with Crippen LogP contribution in [0.1, 0.15) is 46.5 Å². The maximum absolute atomic E-state index is 12.4. The zero-order valence-corrected chi connectivity index (χ0v) is 17.8. The standard InChI is InChI=1S/C19H29O9S/c1-7-10-11-12-18(22)28-19(15(6)29(23,24)25,13(4)26-16(20)8-2)14(5)27-17(21)9-3/h8-9,13-15H,2-3,6-7,10-12H2,1,4-5H3,(H,23,24,25). The zero-order valence-electron chi connectivity index (χ0n) is 17.0. The molecule has 0 spiro atoms. The van der Waals surface area contributed by atoms with E-state index in [1.165, 1.54) is 13.8 Å². The Labute approximate surface area is 171 Å². The minimum atomic E-state index is -4.93. The number of carbonyl (C=O) groups is 3. The molecule has 0 amide bonds. The lowest BCUT2D eigenvalue weighted by atomic mass is 9.87. The molecule has 3 unspecified atom stereocenters. The van der Waals surface area contributed by atoms with Crippen molar-refractivity contribution in [3.05, 3.63) is 32.2 Å². The molecule has 0 aliphatic rings. The van der Waals surface area contributed by atoms with Gasteiger partial charge < -0.3 is 14.2 Å². The monoisotopic (exact) mass is 433 g/mol. The Morgan fingerprint density at radius 2 is 1.48 bits per heavy atom. The van der Waals surface area contributed by atoms with Crippen LogP contribution in [0.15, 0.2) is 25.3 Å². The number of rotatable bonds is 13. The molecule has 9 nitrogen and oxygen atoms in total. The third kappa shape index (κ3) is 7.62. The summed E-state index contributed by atoms with van der Waals surface area (Å²) in [6.45, 7) is 14.2. The summed E-state index contributed by atoms with van der Waals surface area (Å²) in [4.78, 5) is 35.8. The van der Waals surface area contributed by atoms with Crippen molar-refractivity contribution in [3.63, 3.8) is 0 Å². The quantitative estimate of drug-likeness (QED) is 0.152. The van der Waals surface area contributed by atoms with Gasteiger partial charge in [0.15, 0.2) is 0 Å². The summed E-state index contributed by atoms with van der Waals surface area (Å²) in [6, 6.07) is 0. The van der Waals surface area contributed by atoms with Crippen molar-refractivity contribution >= 4 is 28.0 Å². The molecule has 0 aromatic heterocycles. The van der Waals surface area contributed by atoms with Crippen LogP contribution in [-0.4, -0.2) is 53.9 Å². The molecule has 165 valence electrons. The number of hydrogen-bond donors (Lipinski definition) is 1. The fourth-order valence-corrected chi connectivity index (χ4v) is 3.61. The molecule has 1 radical (unpaired) electrons. The molecule has 0 bridgehead atoms. The van der Waals surface area contributed by atoms with E-state index in [0.29, 0.717) is 6.42 Å². The molecule has 0 aliphatic heterocycles. The van der Waals surface area contributed by atoms with Gasteiger partial charge in [0, 0.05) is 18.6 Å². The summed E-state index contributed by atoms with van der Waals surface area (Å²) in [6.07, 6.45) is 0.587. The topological polar surface area (TPSA) is 133 Å². The predicted octanol–water partition coefficient (Wildman–Crippen LogP) is 2.17. The molecule has 29 heavy (non-hydrogen) atoms. The second-order valence-electron chi connectivity index (χ2n) is 6.35. The van der Waals surface area contributed by atoms with E-state index in [0.717, 1.165) is 25.0 Å². The van der Waals surface area contributed by atoms with Gasteiger partial charge in [-0.3, -0.25) is 9.35 Å². The highest BCUT2D eigenvalue weighted by molar-refractivity contribution is 7.86. The average Bonchev–Trinajstić information content (AvgIpc) is 2.64. The number of esters is 3. The first-order valence-corrected chi connectivity index (χ1v) is 10.5. The smallest absolute Gasteiger partial charge is 0.330 e. The fourth-order valence-electron chi connectivity index (χ4n) is 2.71. The number of carbonyl (C=O) groups excluding carboxylic acids is 3. The van der Waals surface area contributed by atoms with Crippen LogP contribution in [0.4, 0.5) is 0 Å². The van der Waals surface area contributed by atoms with Gasteiger partial charge in [0.25, 0.3) is 10.1 Å². The third-order valence-corrected chi connectivity index (χ3v) is 5.42. The molecule has 0 saturated carbocycles. The van der Waals surface area contributed by atoms with Gasteiger partial charge in [-0.15, -0.1) is 0 Å². The largest absolute Gasteiger partial charge is 0.455 e. The molecule has 0 rings (SSSR count). The molecule has 1 N–H and O–H groups in total. The van der Waals surface area contributed by atoms with E-state index in [-0.39, 0.29) is 6.42 Å². The number of ether oxygens (including phenoxy) is 3. The Morgan fingerprint density at radius 3 is 1.83 bits per heavy atom.